The molecule has 7 heteroatoms. The second kappa shape index (κ2) is 8.49. The fraction of sp³-hybridized carbons (Fsp3) is 0.421. The molecule has 0 aliphatic carbocycles. The van der Waals surface area contributed by atoms with Crippen LogP contribution in [-0.4, -0.2) is 29.0 Å². The van der Waals surface area contributed by atoms with Gasteiger partial charge in [-0.15, -0.1) is 0 Å². The molecule has 140 valence electrons. The molecule has 0 radical (unpaired) electrons. The molecule has 2 aromatic rings. The Morgan fingerprint density at radius 1 is 1.23 bits per heavy atom. The van der Waals surface area contributed by atoms with Crippen molar-refractivity contribution < 1.29 is 14.3 Å². The number of benzene rings is 1. The van der Waals surface area contributed by atoms with Crippen LogP contribution in [0.15, 0.2) is 33.5 Å². The van der Waals surface area contributed by atoms with Gasteiger partial charge in [0.1, 0.15) is 11.7 Å². The fourth-order valence-electron chi connectivity index (χ4n) is 2.56. The number of hydrogen-bond donors (Lipinski definition) is 2. The Kier molecular flexibility index (Phi) is 6.58. The van der Waals surface area contributed by atoms with E-state index >= 15 is 0 Å². The van der Waals surface area contributed by atoms with E-state index in [1.807, 2.05) is 13.8 Å². The Bertz CT molecular complexity index is 875. The Balaban J connectivity index is 2.32. The number of halogens is 1. The lowest BCUT2D eigenvalue weighted by molar-refractivity contribution is -0.151. The molecule has 2 atom stereocenters. The van der Waals surface area contributed by atoms with Crippen LogP contribution in [0.25, 0.3) is 10.8 Å². The molecular weight excluding hydrogens is 400 g/mol. The van der Waals surface area contributed by atoms with E-state index in [1.165, 1.54) is 0 Å². The average Bonchev–Trinajstić information content (AvgIpc) is 2.57. The minimum Gasteiger partial charge on any atom is -0.461 e. The van der Waals surface area contributed by atoms with Gasteiger partial charge >= 0.3 is 5.97 Å². The first kappa shape index (κ1) is 20.2. The maximum Gasteiger partial charge on any atom is 0.329 e. The van der Waals surface area contributed by atoms with Gasteiger partial charge in [-0.05, 0) is 49.4 Å². The molecule has 0 saturated heterocycles. The monoisotopic (exact) mass is 422 g/mol. The number of pyridine rings is 1. The van der Waals surface area contributed by atoms with Gasteiger partial charge in [0.25, 0.3) is 11.5 Å². The standard InChI is InChI=1S/C19H23BrN2O4/c1-5-11(4)16(19(25)26-10(2)3)22-18(24)15-9-12-8-13(20)6-7-14(12)17(23)21-15/h6-11,16H,5H2,1-4H3,(H,21,23)(H,22,24)/t11-,16-/m0/s1. The van der Waals surface area contributed by atoms with Gasteiger partial charge in [0, 0.05) is 9.86 Å². The maximum absolute atomic E-state index is 12.6. The van der Waals surface area contributed by atoms with E-state index in [1.54, 1.807) is 38.1 Å². The minimum atomic E-state index is -0.781. The van der Waals surface area contributed by atoms with Gasteiger partial charge < -0.3 is 15.0 Å². The van der Waals surface area contributed by atoms with E-state index in [4.69, 9.17) is 4.74 Å². The smallest absolute Gasteiger partial charge is 0.329 e. The number of hydrogen-bond acceptors (Lipinski definition) is 4. The predicted octanol–water partition coefficient (Wildman–Crippen LogP) is 3.39. The van der Waals surface area contributed by atoms with E-state index in [9.17, 15) is 14.4 Å². The van der Waals surface area contributed by atoms with Crippen LogP contribution < -0.4 is 10.9 Å². The van der Waals surface area contributed by atoms with E-state index in [2.05, 4.69) is 26.2 Å². The highest BCUT2D eigenvalue weighted by Crippen LogP contribution is 2.18. The second-order valence-corrected chi connectivity index (χ2v) is 7.48. The van der Waals surface area contributed by atoms with Crippen molar-refractivity contribution in [1.82, 2.24) is 10.3 Å². The molecule has 0 unspecified atom stereocenters. The van der Waals surface area contributed by atoms with Crippen LogP contribution in [0.1, 0.15) is 44.6 Å². The maximum atomic E-state index is 12.6. The third kappa shape index (κ3) is 4.72. The predicted molar refractivity (Wildman–Crippen MR) is 104 cm³/mol. The summed E-state index contributed by atoms with van der Waals surface area (Å²) in [5.41, 5.74) is -0.253. The SMILES string of the molecule is CC[C@H](C)[C@H](NC(=O)c1cc2cc(Br)ccc2c(=O)[nH]1)C(=O)OC(C)C. The Morgan fingerprint density at radius 3 is 2.54 bits per heavy atom. The van der Waals surface area contributed by atoms with E-state index in [0.717, 1.165) is 4.47 Å². The van der Waals surface area contributed by atoms with E-state index < -0.39 is 17.9 Å². The molecule has 0 aliphatic rings. The molecule has 1 aromatic carbocycles. The van der Waals surface area contributed by atoms with Crippen molar-refractivity contribution in [2.24, 2.45) is 5.92 Å². The van der Waals surface area contributed by atoms with Crippen LogP contribution in [0.4, 0.5) is 0 Å². The van der Waals surface area contributed by atoms with Crippen LogP contribution in [-0.2, 0) is 9.53 Å². The Labute approximate surface area is 160 Å². The number of ether oxygens (including phenoxy) is 1. The van der Waals surface area contributed by atoms with Crippen LogP contribution in [0.5, 0.6) is 0 Å². The first-order valence-corrected chi connectivity index (χ1v) is 9.36. The molecule has 2 rings (SSSR count). The molecule has 0 aliphatic heterocycles. The number of carbonyl (C=O) groups is 2. The molecule has 1 aromatic heterocycles. The van der Waals surface area contributed by atoms with Crippen molar-refractivity contribution in [3.8, 4) is 0 Å². The molecule has 0 bridgehead atoms. The lowest BCUT2D eigenvalue weighted by atomic mass is 9.99. The molecule has 6 nitrogen and oxygen atoms in total. The van der Waals surface area contributed by atoms with Crippen molar-refractivity contribution in [3.63, 3.8) is 0 Å². The summed E-state index contributed by atoms with van der Waals surface area (Å²) in [5, 5.41) is 3.83. The van der Waals surface area contributed by atoms with Crippen molar-refractivity contribution in [3.05, 3.63) is 44.8 Å². The summed E-state index contributed by atoms with van der Waals surface area (Å²) in [6, 6.07) is 6.02. The zero-order valence-electron chi connectivity index (χ0n) is 15.3. The number of rotatable bonds is 6. The lowest BCUT2D eigenvalue weighted by Crippen LogP contribution is -2.47. The van der Waals surface area contributed by atoms with Crippen molar-refractivity contribution in [1.29, 1.82) is 0 Å². The molecule has 1 heterocycles. The number of aromatic nitrogens is 1. The highest BCUT2D eigenvalue weighted by atomic mass is 79.9. The normalized spacial score (nSPS) is 13.5. The largest absolute Gasteiger partial charge is 0.461 e. The zero-order chi connectivity index (χ0) is 19.4. The van der Waals surface area contributed by atoms with Gasteiger partial charge in [0.05, 0.1) is 6.10 Å². The summed E-state index contributed by atoms with van der Waals surface area (Å²) in [7, 11) is 0. The van der Waals surface area contributed by atoms with Gasteiger partial charge in [0.2, 0.25) is 0 Å². The summed E-state index contributed by atoms with van der Waals surface area (Å²) in [5.74, 6) is -1.10. The third-order valence-electron chi connectivity index (χ3n) is 4.16. The molecule has 2 N–H and O–H groups in total. The second-order valence-electron chi connectivity index (χ2n) is 6.57. The number of carbonyl (C=O) groups excluding carboxylic acids is 2. The molecule has 1 amide bonds. The van der Waals surface area contributed by atoms with Gasteiger partial charge in [-0.3, -0.25) is 9.59 Å². The van der Waals surface area contributed by atoms with Crippen LogP contribution in [0.2, 0.25) is 0 Å². The number of fused-ring (bicyclic) bond motifs is 1. The number of H-pyrrole nitrogens is 1. The summed E-state index contributed by atoms with van der Waals surface area (Å²) < 4.78 is 6.06. The van der Waals surface area contributed by atoms with Gasteiger partial charge in [-0.2, -0.15) is 0 Å². The van der Waals surface area contributed by atoms with E-state index in [-0.39, 0.29) is 23.3 Å². The zero-order valence-corrected chi connectivity index (χ0v) is 16.8. The summed E-state index contributed by atoms with van der Waals surface area (Å²) in [4.78, 5) is 39.8. The highest BCUT2D eigenvalue weighted by Gasteiger charge is 2.28. The van der Waals surface area contributed by atoms with Crippen LogP contribution in [0.3, 0.4) is 0 Å². The number of aromatic amines is 1. The number of esters is 1. The summed E-state index contributed by atoms with van der Waals surface area (Å²) in [6.45, 7) is 7.31. The number of nitrogens with one attached hydrogen (secondary N) is 2. The summed E-state index contributed by atoms with van der Waals surface area (Å²) in [6.07, 6.45) is 0.420. The van der Waals surface area contributed by atoms with Gasteiger partial charge in [-0.25, -0.2) is 4.79 Å². The fourth-order valence-corrected chi connectivity index (χ4v) is 2.94. The minimum absolute atomic E-state index is 0.103. The molecular formula is C19H23BrN2O4. The van der Waals surface area contributed by atoms with Crippen LogP contribution in [0, 0.1) is 5.92 Å². The molecule has 0 saturated carbocycles. The average molecular weight is 423 g/mol. The van der Waals surface area contributed by atoms with Crippen molar-refractivity contribution in [2.45, 2.75) is 46.3 Å². The van der Waals surface area contributed by atoms with Gasteiger partial charge in [-0.1, -0.05) is 36.2 Å². The Morgan fingerprint density at radius 2 is 1.92 bits per heavy atom. The molecule has 26 heavy (non-hydrogen) atoms. The first-order chi connectivity index (χ1) is 12.2. The van der Waals surface area contributed by atoms with E-state index in [0.29, 0.717) is 17.2 Å². The quantitative estimate of drug-likeness (QED) is 0.698. The number of amides is 1. The first-order valence-electron chi connectivity index (χ1n) is 8.56. The van der Waals surface area contributed by atoms with Crippen molar-refractivity contribution in [2.75, 3.05) is 0 Å². The van der Waals surface area contributed by atoms with Crippen LogP contribution >= 0.6 is 15.9 Å². The molecule has 0 spiro atoms. The molecule has 0 fully saturated rings. The Hall–Kier alpha value is -2.15. The topological polar surface area (TPSA) is 88.3 Å². The van der Waals surface area contributed by atoms with Crippen molar-refractivity contribution >= 4 is 38.6 Å². The summed E-state index contributed by atoms with van der Waals surface area (Å²) >= 11 is 3.36. The highest BCUT2D eigenvalue weighted by molar-refractivity contribution is 9.10. The lowest BCUT2D eigenvalue weighted by Gasteiger charge is -2.23. The van der Waals surface area contributed by atoms with Gasteiger partial charge in [0.15, 0.2) is 0 Å². The third-order valence-corrected chi connectivity index (χ3v) is 4.65.